The highest BCUT2D eigenvalue weighted by atomic mass is 32.2. The molecule has 0 aliphatic carbocycles. The van der Waals surface area contributed by atoms with Crippen molar-refractivity contribution < 1.29 is 27.8 Å². The van der Waals surface area contributed by atoms with Gasteiger partial charge in [-0.1, -0.05) is 0 Å². The first-order valence-corrected chi connectivity index (χ1v) is 10.0. The minimum Gasteiger partial charge on any atom is -0.546 e. The number of sulfone groups is 1. The molecule has 1 aliphatic rings. The van der Waals surface area contributed by atoms with Gasteiger partial charge in [-0.2, -0.15) is 0 Å². The summed E-state index contributed by atoms with van der Waals surface area (Å²) in [5, 5.41) is 11.3. The van der Waals surface area contributed by atoms with Gasteiger partial charge in [-0.05, 0) is 49.2 Å². The molecule has 1 unspecified atom stereocenters. The third kappa shape index (κ3) is 3.45. The van der Waals surface area contributed by atoms with Gasteiger partial charge in [-0.15, -0.1) is 12.6 Å². The summed E-state index contributed by atoms with van der Waals surface area (Å²) < 4.78 is 34.9. The Labute approximate surface area is 166 Å². The molecule has 0 fully saturated rings. The molecule has 3 rings (SSSR count). The third-order valence-electron chi connectivity index (χ3n) is 4.13. The highest BCUT2D eigenvalue weighted by molar-refractivity contribution is 8.06. The Bertz CT molecular complexity index is 1170. The molecular weight excluding hydrogens is 404 g/mol. The molecule has 0 radical (unpaired) electrons. The van der Waals surface area contributed by atoms with Crippen LogP contribution in [-0.4, -0.2) is 32.4 Å². The first kappa shape index (κ1) is 20.2. The van der Waals surface area contributed by atoms with E-state index in [2.05, 4.69) is 22.6 Å². The highest BCUT2D eigenvalue weighted by Crippen LogP contribution is 2.37. The first-order chi connectivity index (χ1) is 13.1. The Morgan fingerprint density at radius 3 is 2.29 bits per heavy atom. The van der Waals surface area contributed by atoms with E-state index in [0.717, 1.165) is 0 Å². The molecule has 0 saturated heterocycles. The van der Waals surface area contributed by atoms with Crippen LogP contribution < -0.4 is 25.3 Å². The lowest BCUT2D eigenvalue weighted by Gasteiger charge is -2.21. The molecule has 10 heteroatoms. The smallest absolute Gasteiger partial charge is 0.303 e. The normalized spacial score (nSPS) is 18.0. The monoisotopic (exact) mass is 421 g/mol. The third-order valence-corrected chi connectivity index (χ3v) is 7.14. The van der Waals surface area contributed by atoms with Crippen molar-refractivity contribution in [1.29, 1.82) is 0 Å². The zero-order valence-electron chi connectivity index (χ0n) is 15.3. The number of hydrogen-bond donors (Lipinski definition) is 1. The van der Waals surface area contributed by atoms with Gasteiger partial charge in [0.05, 0.1) is 28.7 Å². The number of ether oxygens (including phenoxy) is 2. The molecule has 0 bridgehead atoms. The maximum absolute atomic E-state index is 13.4. The van der Waals surface area contributed by atoms with Crippen molar-refractivity contribution in [3.05, 3.63) is 52.2 Å². The summed E-state index contributed by atoms with van der Waals surface area (Å²) in [7, 11) is -2.63. The summed E-state index contributed by atoms with van der Waals surface area (Å²) in [5.41, 5.74) is 0.724. The van der Waals surface area contributed by atoms with E-state index in [1.165, 1.54) is 19.2 Å². The fourth-order valence-electron chi connectivity index (χ4n) is 2.97. The first-order valence-electron chi connectivity index (χ1n) is 8.12. The number of fused-ring (bicyclic) bond motifs is 1. The predicted molar refractivity (Wildman–Crippen MR) is 101 cm³/mol. The van der Waals surface area contributed by atoms with Crippen molar-refractivity contribution in [2.24, 2.45) is 9.98 Å². The van der Waals surface area contributed by atoms with Crippen LogP contribution in [0.15, 0.2) is 45.2 Å². The zero-order chi connectivity index (χ0) is 20.7. The van der Waals surface area contributed by atoms with Crippen LogP contribution >= 0.6 is 12.6 Å². The summed E-state index contributed by atoms with van der Waals surface area (Å²) >= 11 is 4.29. The topological polar surface area (TPSA) is 117 Å². The van der Waals surface area contributed by atoms with E-state index in [1.54, 1.807) is 32.0 Å². The number of methoxy groups -OCH3 is 1. The second-order valence-electron chi connectivity index (χ2n) is 6.20. The summed E-state index contributed by atoms with van der Waals surface area (Å²) in [6.45, 7) is 2.52. The van der Waals surface area contributed by atoms with Gasteiger partial charge in [0.1, 0.15) is 18.1 Å². The zero-order valence-corrected chi connectivity index (χ0v) is 17.0. The van der Waals surface area contributed by atoms with E-state index >= 15 is 0 Å². The maximum atomic E-state index is 13.4. The average molecular weight is 421 g/mol. The van der Waals surface area contributed by atoms with E-state index in [1.807, 2.05) is 0 Å². The number of thiol groups is 1. The van der Waals surface area contributed by atoms with Gasteiger partial charge in [-0.3, -0.25) is 0 Å². The van der Waals surface area contributed by atoms with Crippen molar-refractivity contribution >= 4 is 28.4 Å². The summed E-state index contributed by atoms with van der Waals surface area (Å²) in [4.78, 5) is 19.0. The lowest BCUT2D eigenvalue weighted by molar-refractivity contribution is -0.307. The van der Waals surface area contributed by atoms with Crippen molar-refractivity contribution in [3.8, 4) is 11.5 Å². The highest BCUT2D eigenvalue weighted by Gasteiger charge is 2.44. The lowest BCUT2D eigenvalue weighted by Crippen LogP contribution is -2.30. The molecule has 28 heavy (non-hydrogen) atoms. The SMILES string of the molecule is COc1ccc2c(c1)=NC(S)(S(=O)(=O)c1c(C)cc(OCC(=O)[O-])cc1C)N=2. The molecule has 1 aliphatic heterocycles. The van der Waals surface area contributed by atoms with Gasteiger partial charge in [0, 0.05) is 6.07 Å². The Hall–Kier alpha value is -2.59. The van der Waals surface area contributed by atoms with Crippen LogP contribution in [0.4, 0.5) is 0 Å². The molecule has 148 valence electrons. The van der Waals surface area contributed by atoms with Crippen LogP contribution in [0.1, 0.15) is 11.1 Å². The minimum absolute atomic E-state index is 0.00979. The Morgan fingerprint density at radius 2 is 1.71 bits per heavy atom. The van der Waals surface area contributed by atoms with Gasteiger partial charge in [0.2, 0.25) is 9.84 Å². The number of carbonyl (C=O) groups excluding carboxylic acids is 1. The molecule has 8 nitrogen and oxygen atoms in total. The van der Waals surface area contributed by atoms with Gasteiger partial charge in [0.15, 0.2) is 0 Å². The van der Waals surface area contributed by atoms with Crippen LogP contribution in [0.3, 0.4) is 0 Å². The van der Waals surface area contributed by atoms with Crippen LogP contribution in [0.5, 0.6) is 11.5 Å². The Morgan fingerprint density at radius 1 is 1.11 bits per heavy atom. The van der Waals surface area contributed by atoms with Gasteiger partial charge in [0.25, 0.3) is 0 Å². The Kier molecular flexibility index (Phi) is 5.11. The van der Waals surface area contributed by atoms with Crippen LogP contribution in [0, 0.1) is 13.8 Å². The number of aryl methyl sites for hydroxylation is 2. The van der Waals surface area contributed by atoms with Crippen LogP contribution in [0.25, 0.3) is 0 Å². The standard InChI is InChI=1S/C18H18N2O6S2/c1-10-6-13(26-9-16(21)22)7-11(2)17(10)28(23,24)18(27)19-14-5-4-12(25-3)8-15(14)20-18/h4-8,27H,9H2,1-3H3,(H,21,22)/p-1. The van der Waals surface area contributed by atoms with Crippen LogP contribution in [-0.2, 0) is 14.6 Å². The lowest BCUT2D eigenvalue weighted by atomic mass is 10.1. The number of carboxylic acid groups (broad SMARTS) is 1. The molecular formula is C18H17N2O6S2-. The number of nitrogens with zero attached hydrogens (tertiary/aromatic N) is 2. The summed E-state index contributed by atoms with van der Waals surface area (Å²) in [6, 6.07) is 7.73. The summed E-state index contributed by atoms with van der Waals surface area (Å²) in [6.07, 6.45) is 0. The Balaban J connectivity index is 2.08. The number of rotatable bonds is 6. The molecule has 0 N–H and O–H groups in total. The van der Waals surface area contributed by atoms with Crippen LogP contribution in [0.2, 0.25) is 0 Å². The molecule has 0 aromatic heterocycles. The molecule has 1 heterocycles. The van der Waals surface area contributed by atoms with E-state index in [9.17, 15) is 18.3 Å². The van der Waals surface area contributed by atoms with Crippen molar-refractivity contribution in [2.45, 2.75) is 23.1 Å². The molecule has 1 atom stereocenters. The molecule has 2 aromatic carbocycles. The van der Waals surface area contributed by atoms with Crippen molar-refractivity contribution in [2.75, 3.05) is 13.7 Å². The van der Waals surface area contributed by atoms with Gasteiger partial charge < -0.3 is 19.4 Å². The molecule has 2 aromatic rings. The van der Waals surface area contributed by atoms with E-state index in [-0.39, 0.29) is 10.6 Å². The fourth-order valence-corrected chi connectivity index (χ4v) is 5.14. The molecule has 0 amide bonds. The number of carboxylic acids is 1. The van der Waals surface area contributed by atoms with Crippen molar-refractivity contribution in [3.63, 3.8) is 0 Å². The number of hydrogen-bond acceptors (Lipinski definition) is 9. The number of aliphatic carboxylic acids is 1. The van der Waals surface area contributed by atoms with E-state index in [4.69, 9.17) is 9.47 Å². The van der Waals surface area contributed by atoms with E-state index < -0.39 is 26.7 Å². The number of benzene rings is 2. The predicted octanol–water partition coefficient (Wildman–Crippen LogP) is -0.291. The number of carbonyl (C=O) groups is 1. The second kappa shape index (κ2) is 7.10. The average Bonchev–Trinajstić information content (AvgIpc) is 2.96. The summed E-state index contributed by atoms with van der Waals surface area (Å²) in [5.74, 6) is -0.632. The largest absolute Gasteiger partial charge is 0.546 e. The van der Waals surface area contributed by atoms with Gasteiger partial charge in [-0.25, -0.2) is 18.4 Å². The van der Waals surface area contributed by atoms with Crippen molar-refractivity contribution in [1.82, 2.24) is 0 Å². The minimum atomic E-state index is -4.13. The fraction of sp³-hybridized carbons (Fsp3) is 0.278. The van der Waals surface area contributed by atoms with Gasteiger partial charge >= 0.3 is 4.33 Å². The maximum Gasteiger partial charge on any atom is 0.303 e. The second-order valence-corrected chi connectivity index (χ2v) is 9.11. The van der Waals surface area contributed by atoms with E-state index in [0.29, 0.717) is 27.6 Å². The molecule has 0 saturated carbocycles. The molecule has 0 spiro atoms. The quantitative estimate of drug-likeness (QED) is 0.641.